The molecule has 0 bridgehead atoms. The number of aliphatic hydroxyl groups is 2. The molecular formula is C7H14FNO2. The van der Waals surface area contributed by atoms with Gasteiger partial charge in [0.15, 0.2) is 12.0 Å². The van der Waals surface area contributed by atoms with Crippen molar-refractivity contribution in [2.75, 3.05) is 13.1 Å². The number of nitrogens with one attached hydrogen (secondary N) is 1. The molecule has 1 aliphatic heterocycles. The third kappa shape index (κ3) is 2.39. The van der Waals surface area contributed by atoms with Gasteiger partial charge in [-0.15, -0.1) is 0 Å². The Morgan fingerprint density at radius 2 is 2.09 bits per heavy atom. The molecule has 0 aromatic heterocycles. The first kappa shape index (κ1) is 8.90. The van der Waals surface area contributed by atoms with Crippen molar-refractivity contribution in [2.24, 2.45) is 0 Å². The molecule has 1 unspecified atom stereocenters. The molecule has 1 heterocycles. The zero-order chi connectivity index (χ0) is 8.32. The van der Waals surface area contributed by atoms with E-state index in [1.807, 2.05) is 0 Å². The molecule has 1 fully saturated rings. The number of rotatable bonds is 0. The molecule has 4 heteroatoms. The molecular weight excluding hydrogens is 149 g/mol. The lowest BCUT2D eigenvalue weighted by Crippen LogP contribution is -2.44. The summed E-state index contributed by atoms with van der Waals surface area (Å²) >= 11 is 0. The molecule has 1 aliphatic rings. The summed E-state index contributed by atoms with van der Waals surface area (Å²) in [5.74, 6) is -2.12. The third-order valence-electron chi connectivity index (χ3n) is 1.98. The largest absolute Gasteiger partial charge is 0.363 e. The fourth-order valence-corrected chi connectivity index (χ4v) is 1.19. The summed E-state index contributed by atoms with van der Waals surface area (Å²) < 4.78 is 12.9. The van der Waals surface area contributed by atoms with E-state index in [1.54, 1.807) is 0 Å². The van der Waals surface area contributed by atoms with Crippen LogP contribution >= 0.6 is 0 Å². The lowest BCUT2D eigenvalue weighted by Gasteiger charge is -2.27. The smallest absolute Gasteiger partial charge is 0.196 e. The van der Waals surface area contributed by atoms with E-state index in [4.69, 9.17) is 10.2 Å². The predicted octanol–water partition coefficient (Wildman–Crippen LogP) is -0.221. The van der Waals surface area contributed by atoms with Crippen LogP contribution in [-0.2, 0) is 0 Å². The standard InChI is InChI=1S/C7H14FNO2/c8-6-2-1-4-9-5-3-7(6,10)11/h6,9-11H,1-5H2. The normalized spacial score (nSPS) is 32.5. The maximum absolute atomic E-state index is 12.9. The summed E-state index contributed by atoms with van der Waals surface area (Å²) in [6.07, 6.45) is -0.553. The molecule has 3 N–H and O–H groups in total. The average Bonchev–Trinajstić information content (AvgIpc) is 1.93. The van der Waals surface area contributed by atoms with Crippen LogP contribution in [0.25, 0.3) is 0 Å². The van der Waals surface area contributed by atoms with Crippen LogP contribution in [0.3, 0.4) is 0 Å². The highest BCUT2D eigenvalue weighted by Crippen LogP contribution is 2.20. The van der Waals surface area contributed by atoms with Gasteiger partial charge < -0.3 is 15.5 Å². The van der Waals surface area contributed by atoms with Crippen LogP contribution in [0.15, 0.2) is 0 Å². The summed E-state index contributed by atoms with van der Waals surface area (Å²) in [6.45, 7) is 1.23. The quantitative estimate of drug-likeness (QED) is 0.433. The molecule has 11 heavy (non-hydrogen) atoms. The van der Waals surface area contributed by atoms with Crippen LogP contribution in [0.1, 0.15) is 19.3 Å². The molecule has 1 atom stereocenters. The van der Waals surface area contributed by atoms with Gasteiger partial charge in [-0.05, 0) is 19.4 Å². The van der Waals surface area contributed by atoms with E-state index in [1.165, 1.54) is 0 Å². The Morgan fingerprint density at radius 1 is 1.36 bits per heavy atom. The molecule has 0 aromatic rings. The highest BCUT2D eigenvalue weighted by Gasteiger charge is 2.34. The first-order valence-corrected chi connectivity index (χ1v) is 3.92. The van der Waals surface area contributed by atoms with E-state index >= 15 is 0 Å². The Balaban J connectivity index is 2.47. The average molecular weight is 163 g/mol. The first-order valence-electron chi connectivity index (χ1n) is 3.92. The zero-order valence-corrected chi connectivity index (χ0v) is 6.39. The predicted molar refractivity (Wildman–Crippen MR) is 38.8 cm³/mol. The van der Waals surface area contributed by atoms with E-state index in [2.05, 4.69) is 5.32 Å². The molecule has 0 aliphatic carbocycles. The maximum atomic E-state index is 12.9. The molecule has 0 aromatic carbocycles. The second-order valence-electron chi connectivity index (χ2n) is 2.99. The van der Waals surface area contributed by atoms with Crippen LogP contribution < -0.4 is 5.32 Å². The molecule has 0 saturated carbocycles. The van der Waals surface area contributed by atoms with Gasteiger partial charge in [0.2, 0.25) is 0 Å². The zero-order valence-electron chi connectivity index (χ0n) is 6.39. The molecule has 66 valence electrons. The topological polar surface area (TPSA) is 52.5 Å². The second kappa shape index (κ2) is 3.47. The van der Waals surface area contributed by atoms with Gasteiger partial charge in [0.05, 0.1) is 0 Å². The minimum atomic E-state index is -2.12. The van der Waals surface area contributed by atoms with Gasteiger partial charge in [-0.25, -0.2) is 4.39 Å². The summed E-state index contributed by atoms with van der Waals surface area (Å²) in [6, 6.07) is 0. The van der Waals surface area contributed by atoms with Crippen molar-refractivity contribution in [3.8, 4) is 0 Å². The SMILES string of the molecule is OC1(O)CCNCCCC1F. The van der Waals surface area contributed by atoms with E-state index in [0.29, 0.717) is 13.0 Å². The second-order valence-corrected chi connectivity index (χ2v) is 2.99. The van der Waals surface area contributed by atoms with Gasteiger partial charge in [-0.1, -0.05) is 0 Å². The third-order valence-corrected chi connectivity index (χ3v) is 1.98. The number of alkyl halides is 1. The van der Waals surface area contributed by atoms with Crippen molar-refractivity contribution in [3.63, 3.8) is 0 Å². The minimum Gasteiger partial charge on any atom is -0.363 e. The van der Waals surface area contributed by atoms with Crippen molar-refractivity contribution < 1.29 is 14.6 Å². The molecule has 0 spiro atoms. The van der Waals surface area contributed by atoms with Crippen LogP contribution in [0.4, 0.5) is 4.39 Å². The van der Waals surface area contributed by atoms with Gasteiger partial charge in [0.25, 0.3) is 0 Å². The fraction of sp³-hybridized carbons (Fsp3) is 1.00. The van der Waals surface area contributed by atoms with Crippen LogP contribution in [0, 0.1) is 0 Å². The monoisotopic (exact) mass is 163 g/mol. The minimum absolute atomic E-state index is 0.0637. The van der Waals surface area contributed by atoms with E-state index < -0.39 is 12.0 Å². The molecule has 0 amide bonds. The van der Waals surface area contributed by atoms with E-state index in [9.17, 15) is 4.39 Å². The lowest BCUT2D eigenvalue weighted by atomic mass is 10.0. The van der Waals surface area contributed by atoms with Crippen molar-refractivity contribution in [3.05, 3.63) is 0 Å². The summed E-state index contributed by atoms with van der Waals surface area (Å²) in [5.41, 5.74) is 0. The Hall–Kier alpha value is -0.190. The van der Waals surface area contributed by atoms with Crippen molar-refractivity contribution in [1.29, 1.82) is 0 Å². The fourth-order valence-electron chi connectivity index (χ4n) is 1.19. The maximum Gasteiger partial charge on any atom is 0.196 e. The van der Waals surface area contributed by atoms with E-state index in [0.717, 1.165) is 6.54 Å². The molecule has 1 saturated heterocycles. The number of halogens is 1. The van der Waals surface area contributed by atoms with Gasteiger partial charge >= 0.3 is 0 Å². The lowest BCUT2D eigenvalue weighted by molar-refractivity contribution is -0.211. The highest BCUT2D eigenvalue weighted by molar-refractivity contribution is 4.78. The summed E-state index contributed by atoms with van der Waals surface area (Å²) in [7, 11) is 0. The Bertz CT molecular complexity index is 130. The number of hydrogen-bond donors (Lipinski definition) is 3. The summed E-state index contributed by atoms with van der Waals surface area (Å²) in [5, 5.41) is 21.2. The van der Waals surface area contributed by atoms with Crippen molar-refractivity contribution >= 4 is 0 Å². The van der Waals surface area contributed by atoms with E-state index in [-0.39, 0.29) is 12.8 Å². The molecule has 1 rings (SSSR count). The van der Waals surface area contributed by atoms with Gasteiger partial charge in [0, 0.05) is 13.0 Å². The van der Waals surface area contributed by atoms with Crippen molar-refractivity contribution in [2.45, 2.75) is 31.2 Å². The van der Waals surface area contributed by atoms with Gasteiger partial charge in [-0.3, -0.25) is 0 Å². The Labute approximate surface area is 65.2 Å². The van der Waals surface area contributed by atoms with Crippen LogP contribution in [-0.4, -0.2) is 35.3 Å². The molecule has 3 nitrogen and oxygen atoms in total. The van der Waals surface area contributed by atoms with Gasteiger partial charge in [0.1, 0.15) is 0 Å². The molecule has 0 radical (unpaired) electrons. The summed E-state index contributed by atoms with van der Waals surface area (Å²) in [4.78, 5) is 0. The van der Waals surface area contributed by atoms with Gasteiger partial charge in [-0.2, -0.15) is 0 Å². The highest BCUT2D eigenvalue weighted by atomic mass is 19.1. The van der Waals surface area contributed by atoms with Crippen LogP contribution in [0.2, 0.25) is 0 Å². The first-order chi connectivity index (χ1) is 5.13. The Morgan fingerprint density at radius 3 is 2.82 bits per heavy atom. The number of hydrogen-bond acceptors (Lipinski definition) is 3. The van der Waals surface area contributed by atoms with Crippen molar-refractivity contribution in [1.82, 2.24) is 5.32 Å². The van der Waals surface area contributed by atoms with Crippen LogP contribution in [0.5, 0.6) is 0 Å². The Kier molecular flexibility index (Phi) is 2.81.